The topological polar surface area (TPSA) is 64.4 Å². The number of hydrogen-bond donors (Lipinski definition) is 0. The quantitative estimate of drug-likeness (QED) is 0.711. The van der Waals surface area contributed by atoms with Gasteiger partial charge in [0.15, 0.2) is 6.61 Å². The molecule has 1 aliphatic rings. The van der Waals surface area contributed by atoms with Gasteiger partial charge in [-0.3, -0.25) is 4.79 Å². The van der Waals surface area contributed by atoms with E-state index in [0.29, 0.717) is 12.2 Å². The molecular weight excluding hydrogens is 378 g/mol. The minimum absolute atomic E-state index is 0.161. The maximum atomic E-state index is 12.6. The molecule has 0 radical (unpaired) electrons. The summed E-state index contributed by atoms with van der Waals surface area (Å²) in [5.41, 5.74) is 1.72. The number of aromatic nitrogens is 2. The Morgan fingerprint density at radius 3 is 2.46 bits per heavy atom. The van der Waals surface area contributed by atoms with Gasteiger partial charge in [0, 0.05) is 12.1 Å². The lowest BCUT2D eigenvalue weighted by atomic mass is 9.97. The fourth-order valence-electron chi connectivity index (χ4n) is 3.83. The molecule has 1 fully saturated rings. The Labute approximate surface area is 170 Å². The molecule has 3 rings (SSSR count). The van der Waals surface area contributed by atoms with E-state index in [2.05, 4.69) is 5.10 Å². The predicted molar refractivity (Wildman–Crippen MR) is 107 cm³/mol. The Kier molecular flexibility index (Phi) is 6.39. The van der Waals surface area contributed by atoms with Crippen LogP contribution in [0.4, 0.5) is 0 Å². The summed E-state index contributed by atoms with van der Waals surface area (Å²) in [7, 11) is 0. The third kappa shape index (κ3) is 4.38. The molecule has 1 aromatic carbocycles. The van der Waals surface area contributed by atoms with E-state index < -0.39 is 5.97 Å². The Balaban J connectivity index is 1.66. The van der Waals surface area contributed by atoms with Gasteiger partial charge in [-0.05, 0) is 45.6 Å². The molecule has 6 nitrogen and oxygen atoms in total. The van der Waals surface area contributed by atoms with Gasteiger partial charge in [-0.15, -0.1) is 0 Å². The second kappa shape index (κ2) is 8.78. The summed E-state index contributed by atoms with van der Waals surface area (Å²) < 4.78 is 6.87. The van der Waals surface area contributed by atoms with E-state index in [9.17, 15) is 9.59 Å². The average Bonchev–Trinajstić information content (AvgIpc) is 2.94. The number of carbonyl (C=O) groups is 2. The van der Waals surface area contributed by atoms with Crippen molar-refractivity contribution in [3.05, 3.63) is 52.3 Å². The highest BCUT2D eigenvalue weighted by Gasteiger charge is 2.30. The average molecular weight is 404 g/mol. The first kappa shape index (κ1) is 20.4. The number of likely N-dealkylation sites (tertiary alicyclic amines) is 1. The summed E-state index contributed by atoms with van der Waals surface area (Å²) in [4.78, 5) is 27.0. The molecule has 2 heterocycles. The molecule has 0 saturated carbocycles. The minimum Gasteiger partial charge on any atom is -0.452 e. The van der Waals surface area contributed by atoms with Crippen LogP contribution in [0, 0.1) is 6.92 Å². The number of hydrogen-bond acceptors (Lipinski definition) is 4. The number of piperidine rings is 1. The fraction of sp³-hybridized carbons (Fsp3) is 0.476. The number of carbonyl (C=O) groups excluding carboxylic acids is 2. The zero-order chi connectivity index (χ0) is 20.3. The molecule has 1 aromatic heterocycles. The van der Waals surface area contributed by atoms with E-state index in [1.165, 1.54) is 0 Å². The van der Waals surface area contributed by atoms with E-state index in [4.69, 9.17) is 16.3 Å². The minimum atomic E-state index is -0.618. The first-order chi connectivity index (χ1) is 13.4. The van der Waals surface area contributed by atoms with Crippen molar-refractivity contribution in [2.75, 3.05) is 6.61 Å². The van der Waals surface area contributed by atoms with Crippen molar-refractivity contribution in [2.45, 2.75) is 58.7 Å². The summed E-state index contributed by atoms with van der Waals surface area (Å²) in [6, 6.07) is 10.0. The van der Waals surface area contributed by atoms with E-state index in [1.807, 2.05) is 49.1 Å². The van der Waals surface area contributed by atoms with Crippen LogP contribution in [0.2, 0.25) is 5.15 Å². The summed E-state index contributed by atoms with van der Waals surface area (Å²) in [5, 5.41) is 4.58. The normalized spacial score (nSPS) is 19.5. The molecule has 0 N–H and O–H groups in total. The van der Waals surface area contributed by atoms with Crippen LogP contribution < -0.4 is 0 Å². The van der Waals surface area contributed by atoms with Crippen LogP contribution in [-0.2, 0) is 16.1 Å². The van der Waals surface area contributed by atoms with Crippen molar-refractivity contribution in [3.8, 4) is 0 Å². The lowest BCUT2D eigenvalue weighted by molar-refractivity contribution is -0.140. The molecule has 1 aliphatic heterocycles. The van der Waals surface area contributed by atoms with Crippen LogP contribution in [0.3, 0.4) is 0 Å². The molecule has 7 heteroatoms. The Morgan fingerprint density at radius 2 is 1.82 bits per heavy atom. The SMILES string of the molecule is Cc1nn(Cc2ccccc2)c(Cl)c1C(=O)OCC(=O)N1[C@H](C)CCC[C@H]1C. The van der Waals surface area contributed by atoms with Gasteiger partial charge < -0.3 is 9.64 Å². The van der Waals surface area contributed by atoms with Crippen molar-refractivity contribution in [2.24, 2.45) is 0 Å². The third-order valence-electron chi connectivity index (χ3n) is 5.25. The molecule has 0 bridgehead atoms. The molecule has 150 valence electrons. The second-order valence-electron chi connectivity index (χ2n) is 7.40. The predicted octanol–water partition coefficient (Wildman–Crippen LogP) is 3.84. The highest BCUT2D eigenvalue weighted by Crippen LogP contribution is 2.24. The number of halogens is 1. The first-order valence-electron chi connectivity index (χ1n) is 9.63. The first-order valence-corrected chi connectivity index (χ1v) is 10.0. The van der Waals surface area contributed by atoms with Gasteiger partial charge in [0.2, 0.25) is 0 Å². The van der Waals surface area contributed by atoms with E-state index in [0.717, 1.165) is 24.8 Å². The highest BCUT2D eigenvalue weighted by atomic mass is 35.5. The van der Waals surface area contributed by atoms with Gasteiger partial charge in [-0.1, -0.05) is 41.9 Å². The van der Waals surface area contributed by atoms with Crippen LogP contribution in [0.5, 0.6) is 0 Å². The van der Waals surface area contributed by atoms with Crippen molar-refractivity contribution in [3.63, 3.8) is 0 Å². The molecule has 0 unspecified atom stereocenters. The van der Waals surface area contributed by atoms with Gasteiger partial charge in [-0.2, -0.15) is 5.10 Å². The number of aryl methyl sites for hydroxylation is 1. The lowest BCUT2D eigenvalue weighted by Gasteiger charge is -2.38. The molecule has 2 aromatic rings. The van der Waals surface area contributed by atoms with Gasteiger partial charge >= 0.3 is 5.97 Å². The van der Waals surface area contributed by atoms with Crippen molar-refractivity contribution >= 4 is 23.5 Å². The maximum absolute atomic E-state index is 12.6. The molecule has 0 spiro atoms. The maximum Gasteiger partial charge on any atom is 0.343 e. The van der Waals surface area contributed by atoms with Crippen LogP contribution >= 0.6 is 11.6 Å². The van der Waals surface area contributed by atoms with Crippen molar-refractivity contribution in [1.82, 2.24) is 14.7 Å². The van der Waals surface area contributed by atoms with E-state index in [-0.39, 0.29) is 35.3 Å². The Morgan fingerprint density at radius 1 is 1.18 bits per heavy atom. The Hall–Kier alpha value is -2.34. The second-order valence-corrected chi connectivity index (χ2v) is 7.76. The molecular formula is C21H26ClN3O3. The number of rotatable bonds is 5. The largest absolute Gasteiger partial charge is 0.452 e. The zero-order valence-electron chi connectivity index (χ0n) is 16.5. The van der Waals surface area contributed by atoms with Crippen LogP contribution in [0.25, 0.3) is 0 Å². The Bertz CT molecular complexity index is 840. The monoisotopic (exact) mass is 403 g/mol. The number of ether oxygens (including phenoxy) is 1. The van der Waals surface area contributed by atoms with Gasteiger partial charge in [0.05, 0.1) is 12.2 Å². The van der Waals surface area contributed by atoms with E-state index >= 15 is 0 Å². The molecule has 28 heavy (non-hydrogen) atoms. The highest BCUT2D eigenvalue weighted by molar-refractivity contribution is 6.32. The summed E-state index contributed by atoms with van der Waals surface area (Å²) in [6.45, 7) is 5.94. The molecule has 0 aliphatic carbocycles. The smallest absolute Gasteiger partial charge is 0.343 e. The van der Waals surface area contributed by atoms with Crippen LogP contribution in [0.1, 0.15) is 54.7 Å². The van der Waals surface area contributed by atoms with Crippen molar-refractivity contribution in [1.29, 1.82) is 0 Å². The van der Waals surface area contributed by atoms with Crippen LogP contribution in [-0.4, -0.2) is 45.2 Å². The number of amides is 1. The van der Waals surface area contributed by atoms with E-state index in [1.54, 1.807) is 11.6 Å². The molecule has 2 atom stereocenters. The van der Waals surface area contributed by atoms with Gasteiger partial charge in [-0.25, -0.2) is 9.48 Å². The zero-order valence-corrected chi connectivity index (χ0v) is 17.3. The number of benzene rings is 1. The third-order valence-corrected chi connectivity index (χ3v) is 5.64. The summed E-state index contributed by atoms with van der Waals surface area (Å²) in [5.74, 6) is -0.786. The lowest BCUT2D eigenvalue weighted by Crippen LogP contribution is -2.49. The molecule has 1 amide bonds. The summed E-state index contributed by atoms with van der Waals surface area (Å²) >= 11 is 6.39. The van der Waals surface area contributed by atoms with Gasteiger partial charge in [0.25, 0.3) is 5.91 Å². The number of nitrogens with zero attached hydrogens (tertiary/aromatic N) is 3. The van der Waals surface area contributed by atoms with Crippen molar-refractivity contribution < 1.29 is 14.3 Å². The molecule has 1 saturated heterocycles. The number of esters is 1. The fourth-order valence-corrected chi connectivity index (χ4v) is 4.14. The standard InChI is InChI=1S/C21H26ClN3O3/c1-14-8-7-9-15(2)25(14)18(26)13-28-21(27)19-16(3)23-24(20(19)22)12-17-10-5-4-6-11-17/h4-6,10-11,14-15H,7-9,12-13H2,1-3H3/t14-,15-/m1/s1. The van der Waals surface area contributed by atoms with Crippen LogP contribution in [0.15, 0.2) is 30.3 Å². The summed E-state index contributed by atoms with van der Waals surface area (Å²) in [6.07, 6.45) is 3.06. The van der Waals surface area contributed by atoms with Gasteiger partial charge in [0.1, 0.15) is 10.7 Å².